The number of amides is 1. The van der Waals surface area contributed by atoms with Gasteiger partial charge >= 0.3 is 12.1 Å². The summed E-state index contributed by atoms with van der Waals surface area (Å²) < 4.78 is 10.4. The van der Waals surface area contributed by atoms with Crippen molar-refractivity contribution in [2.45, 2.75) is 32.4 Å². The molecule has 6 heteroatoms. The molecule has 6 nitrogen and oxygen atoms in total. The number of nitrogens with one attached hydrogen (secondary N) is 1. The van der Waals surface area contributed by atoms with Crippen LogP contribution >= 0.6 is 0 Å². The normalized spacial score (nSPS) is 20.9. The highest BCUT2D eigenvalue weighted by Crippen LogP contribution is 2.17. The van der Waals surface area contributed by atoms with Crippen molar-refractivity contribution in [2.75, 3.05) is 26.2 Å². The first-order valence-corrected chi connectivity index (χ1v) is 7.89. The van der Waals surface area contributed by atoms with Crippen molar-refractivity contribution in [2.24, 2.45) is 0 Å². The first-order chi connectivity index (χ1) is 11.0. The van der Waals surface area contributed by atoms with Crippen molar-refractivity contribution >= 4 is 12.1 Å². The summed E-state index contributed by atoms with van der Waals surface area (Å²) in [5, 5.41) is 3.29. The van der Waals surface area contributed by atoms with E-state index in [-0.39, 0.29) is 25.1 Å². The molecule has 1 aliphatic rings. The lowest BCUT2D eigenvalue weighted by molar-refractivity contribution is -0.145. The predicted octanol–water partition coefficient (Wildman–Crippen LogP) is 1.94. The molecule has 0 aromatic heterocycles. The van der Waals surface area contributed by atoms with E-state index in [9.17, 15) is 9.59 Å². The Morgan fingerprint density at radius 1 is 1.26 bits per heavy atom. The lowest BCUT2D eigenvalue weighted by Crippen LogP contribution is -2.60. The molecule has 0 aliphatic carbocycles. The van der Waals surface area contributed by atoms with E-state index in [4.69, 9.17) is 9.47 Å². The van der Waals surface area contributed by atoms with Crippen LogP contribution in [0.25, 0.3) is 0 Å². The molecule has 1 N–H and O–H groups in total. The molecule has 2 rings (SSSR count). The Morgan fingerprint density at radius 3 is 2.70 bits per heavy atom. The third-order valence-corrected chi connectivity index (χ3v) is 3.78. The molecule has 0 spiro atoms. The molecule has 1 heterocycles. The van der Waals surface area contributed by atoms with Crippen LogP contribution in [-0.2, 0) is 20.9 Å². The molecule has 23 heavy (non-hydrogen) atoms. The zero-order valence-corrected chi connectivity index (χ0v) is 13.7. The van der Waals surface area contributed by atoms with Crippen molar-refractivity contribution in [1.29, 1.82) is 0 Å². The standard InChI is InChI=1S/C17H24N2O4/c1-3-22-15(20)11-17(2)13-19(10-9-18-17)16(21)23-12-14-7-5-4-6-8-14/h4-8,18H,3,9-13H2,1-2H3. The van der Waals surface area contributed by atoms with Crippen molar-refractivity contribution in [3.05, 3.63) is 35.9 Å². The van der Waals surface area contributed by atoms with E-state index in [0.29, 0.717) is 26.2 Å². The van der Waals surface area contributed by atoms with Gasteiger partial charge in [-0.1, -0.05) is 30.3 Å². The SMILES string of the molecule is CCOC(=O)CC1(C)CN(C(=O)OCc2ccccc2)CCN1. The van der Waals surface area contributed by atoms with Crippen molar-refractivity contribution < 1.29 is 19.1 Å². The van der Waals surface area contributed by atoms with E-state index in [1.807, 2.05) is 37.3 Å². The van der Waals surface area contributed by atoms with Gasteiger partial charge in [0.15, 0.2) is 0 Å². The minimum Gasteiger partial charge on any atom is -0.466 e. The predicted molar refractivity (Wildman–Crippen MR) is 85.9 cm³/mol. The maximum absolute atomic E-state index is 12.2. The average Bonchev–Trinajstić information content (AvgIpc) is 2.53. The van der Waals surface area contributed by atoms with Gasteiger partial charge in [-0.05, 0) is 19.4 Å². The number of ether oxygens (including phenoxy) is 2. The number of piperazine rings is 1. The highest BCUT2D eigenvalue weighted by molar-refractivity contribution is 5.72. The Labute approximate surface area is 136 Å². The van der Waals surface area contributed by atoms with Crippen LogP contribution in [0.2, 0.25) is 0 Å². The molecule has 1 amide bonds. The minimum absolute atomic E-state index is 0.226. The van der Waals surface area contributed by atoms with Crippen molar-refractivity contribution in [1.82, 2.24) is 10.2 Å². The van der Waals surface area contributed by atoms with E-state index in [2.05, 4.69) is 5.32 Å². The molecule has 0 radical (unpaired) electrons. The molecule has 1 unspecified atom stereocenters. The molecule has 1 saturated heterocycles. The van der Waals surface area contributed by atoms with Crippen LogP contribution in [0, 0.1) is 0 Å². The quantitative estimate of drug-likeness (QED) is 0.840. The van der Waals surface area contributed by atoms with Gasteiger partial charge in [-0.3, -0.25) is 4.79 Å². The summed E-state index contributed by atoms with van der Waals surface area (Å²) >= 11 is 0. The molecule has 1 atom stereocenters. The second-order valence-electron chi connectivity index (χ2n) is 5.93. The van der Waals surface area contributed by atoms with Gasteiger partial charge in [-0.15, -0.1) is 0 Å². The lowest BCUT2D eigenvalue weighted by Gasteiger charge is -2.40. The van der Waals surface area contributed by atoms with Crippen LogP contribution in [0.3, 0.4) is 0 Å². The molecular formula is C17H24N2O4. The summed E-state index contributed by atoms with van der Waals surface area (Å²) in [5.74, 6) is -0.262. The van der Waals surface area contributed by atoms with Gasteiger partial charge in [0, 0.05) is 25.2 Å². The number of nitrogens with zero attached hydrogens (tertiary/aromatic N) is 1. The van der Waals surface area contributed by atoms with E-state index in [0.717, 1.165) is 5.56 Å². The number of rotatable bonds is 5. The van der Waals surface area contributed by atoms with Crippen LogP contribution in [0.5, 0.6) is 0 Å². The summed E-state index contributed by atoms with van der Waals surface area (Å²) in [6.45, 7) is 5.90. The molecular weight excluding hydrogens is 296 g/mol. The fourth-order valence-electron chi connectivity index (χ4n) is 2.66. The zero-order chi connectivity index (χ0) is 16.7. The van der Waals surface area contributed by atoms with Gasteiger partial charge in [0.1, 0.15) is 6.61 Å². The molecule has 0 bridgehead atoms. The molecule has 126 valence electrons. The third kappa shape index (κ3) is 5.25. The average molecular weight is 320 g/mol. The van der Waals surface area contributed by atoms with Crippen LogP contribution in [0.15, 0.2) is 30.3 Å². The maximum Gasteiger partial charge on any atom is 0.410 e. The maximum atomic E-state index is 12.2. The Hall–Kier alpha value is -2.08. The monoisotopic (exact) mass is 320 g/mol. The van der Waals surface area contributed by atoms with Gasteiger partial charge < -0.3 is 19.7 Å². The molecule has 1 fully saturated rings. The number of carbonyl (C=O) groups excluding carboxylic acids is 2. The lowest BCUT2D eigenvalue weighted by atomic mass is 9.95. The first kappa shape index (κ1) is 17.3. The number of carbonyl (C=O) groups is 2. The smallest absolute Gasteiger partial charge is 0.410 e. The molecule has 1 aliphatic heterocycles. The topological polar surface area (TPSA) is 67.9 Å². The van der Waals surface area contributed by atoms with Gasteiger partial charge in [0.2, 0.25) is 0 Å². The summed E-state index contributed by atoms with van der Waals surface area (Å²) in [5.41, 5.74) is 0.460. The van der Waals surface area contributed by atoms with Crippen molar-refractivity contribution in [3.8, 4) is 0 Å². The second-order valence-corrected chi connectivity index (χ2v) is 5.93. The Morgan fingerprint density at radius 2 is 2.00 bits per heavy atom. The van der Waals surface area contributed by atoms with Crippen LogP contribution in [0.4, 0.5) is 4.79 Å². The van der Waals surface area contributed by atoms with Crippen molar-refractivity contribution in [3.63, 3.8) is 0 Å². The van der Waals surface area contributed by atoms with Gasteiger partial charge in [-0.25, -0.2) is 4.79 Å². The van der Waals surface area contributed by atoms with E-state index < -0.39 is 5.54 Å². The summed E-state index contributed by atoms with van der Waals surface area (Å²) in [6.07, 6.45) is -0.131. The fraction of sp³-hybridized carbons (Fsp3) is 0.529. The van der Waals surface area contributed by atoms with E-state index in [1.54, 1.807) is 11.8 Å². The van der Waals surface area contributed by atoms with Crippen LogP contribution < -0.4 is 5.32 Å². The third-order valence-electron chi connectivity index (χ3n) is 3.78. The number of esters is 1. The Balaban J connectivity index is 1.87. The van der Waals surface area contributed by atoms with Gasteiger partial charge in [0.25, 0.3) is 0 Å². The Kier molecular flexibility index (Phi) is 5.98. The fourth-order valence-corrected chi connectivity index (χ4v) is 2.66. The molecule has 0 saturated carbocycles. The largest absolute Gasteiger partial charge is 0.466 e. The number of hydrogen-bond acceptors (Lipinski definition) is 5. The zero-order valence-electron chi connectivity index (χ0n) is 13.7. The van der Waals surface area contributed by atoms with Gasteiger partial charge in [-0.2, -0.15) is 0 Å². The number of hydrogen-bond donors (Lipinski definition) is 1. The highest BCUT2D eigenvalue weighted by atomic mass is 16.6. The van der Waals surface area contributed by atoms with E-state index in [1.165, 1.54) is 0 Å². The highest BCUT2D eigenvalue weighted by Gasteiger charge is 2.35. The summed E-state index contributed by atoms with van der Waals surface area (Å²) in [7, 11) is 0. The summed E-state index contributed by atoms with van der Waals surface area (Å²) in [6, 6.07) is 9.56. The molecule has 1 aromatic rings. The van der Waals surface area contributed by atoms with Crippen LogP contribution in [0.1, 0.15) is 25.8 Å². The van der Waals surface area contributed by atoms with Gasteiger partial charge in [0.05, 0.1) is 13.0 Å². The minimum atomic E-state index is -0.490. The summed E-state index contributed by atoms with van der Waals surface area (Å²) in [4.78, 5) is 25.6. The first-order valence-electron chi connectivity index (χ1n) is 7.89. The molecule has 1 aromatic carbocycles. The second kappa shape index (κ2) is 7.97. The van der Waals surface area contributed by atoms with Crippen LogP contribution in [-0.4, -0.2) is 48.7 Å². The number of benzene rings is 1. The van der Waals surface area contributed by atoms with E-state index >= 15 is 0 Å². The Bertz CT molecular complexity index is 535.